The molecule has 0 saturated carbocycles. The predicted octanol–water partition coefficient (Wildman–Crippen LogP) is 3.60. The van der Waals surface area contributed by atoms with Crippen LogP contribution in [0, 0.1) is 11.6 Å². The number of ether oxygens (including phenoxy) is 1. The number of thiophene rings is 1. The predicted molar refractivity (Wildman–Crippen MR) is 163 cm³/mol. The number of fused-ring (bicyclic) bond motifs is 1. The van der Waals surface area contributed by atoms with Crippen LogP contribution in [0.3, 0.4) is 0 Å². The highest BCUT2D eigenvalue weighted by Gasteiger charge is 2.26. The molecule has 44 heavy (non-hydrogen) atoms. The molecule has 12 nitrogen and oxygen atoms in total. The highest BCUT2D eigenvalue weighted by molar-refractivity contribution is 7.22. The summed E-state index contributed by atoms with van der Waals surface area (Å²) in [4.78, 5) is 47.2. The fourth-order valence-electron chi connectivity index (χ4n) is 4.60. The fourth-order valence-corrected chi connectivity index (χ4v) is 5.88. The van der Waals surface area contributed by atoms with Crippen molar-refractivity contribution in [1.82, 2.24) is 34.5 Å². The minimum atomic E-state index is -0.858. The quantitative estimate of drug-likeness (QED) is 0.255. The van der Waals surface area contributed by atoms with Crippen molar-refractivity contribution in [3.8, 4) is 22.3 Å². The van der Waals surface area contributed by atoms with E-state index in [4.69, 9.17) is 4.74 Å². The fraction of sp³-hybridized carbons (Fsp3) is 0.241. The summed E-state index contributed by atoms with van der Waals surface area (Å²) in [5, 5.41) is 13.4. The molecule has 0 aliphatic rings. The van der Waals surface area contributed by atoms with Crippen LogP contribution < -0.4 is 26.6 Å². The van der Waals surface area contributed by atoms with Crippen LogP contribution in [-0.2, 0) is 13.1 Å². The first kappa shape index (κ1) is 30.4. The maximum absolute atomic E-state index is 14.8. The summed E-state index contributed by atoms with van der Waals surface area (Å²) >= 11 is 1.10. The van der Waals surface area contributed by atoms with E-state index in [0.29, 0.717) is 28.4 Å². The van der Waals surface area contributed by atoms with E-state index in [1.54, 1.807) is 19.1 Å². The molecule has 1 aromatic carbocycles. The normalized spacial score (nSPS) is 11.2. The second-order valence-corrected chi connectivity index (χ2v) is 10.9. The lowest BCUT2D eigenvalue weighted by molar-refractivity contribution is 0.252. The second-order valence-electron chi connectivity index (χ2n) is 9.89. The van der Waals surface area contributed by atoms with Crippen molar-refractivity contribution in [2.75, 3.05) is 33.1 Å². The first-order valence-corrected chi connectivity index (χ1v) is 14.2. The Labute approximate surface area is 253 Å². The zero-order valence-corrected chi connectivity index (χ0v) is 25.0. The Morgan fingerprint density at radius 3 is 2.39 bits per heavy atom. The minimum Gasteiger partial charge on any atom is -0.480 e. The van der Waals surface area contributed by atoms with Crippen LogP contribution >= 0.6 is 11.3 Å². The van der Waals surface area contributed by atoms with E-state index in [-0.39, 0.29) is 40.1 Å². The first-order chi connectivity index (χ1) is 21.1. The van der Waals surface area contributed by atoms with Gasteiger partial charge in [0.05, 0.1) is 41.5 Å². The second kappa shape index (κ2) is 12.7. The van der Waals surface area contributed by atoms with Crippen molar-refractivity contribution in [3.05, 3.63) is 92.3 Å². The van der Waals surface area contributed by atoms with Gasteiger partial charge in [-0.3, -0.25) is 14.3 Å². The van der Waals surface area contributed by atoms with Crippen LogP contribution in [0.4, 0.5) is 19.3 Å². The highest BCUT2D eigenvalue weighted by Crippen LogP contribution is 2.37. The zero-order chi connectivity index (χ0) is 31.5. The number of pyridine rings is 1. The lowest BCUT2D eigenvalue weighted by Crippen LogP contribution is -2.39. The molecule has 0 bridgehead atoms. The molecule has 0 atom stereocenters. The number of carbonyl (C=O) groups excluding carboxylic acids is 1. The lowest BCUT2D eigenvalue weighted by Gasteiger charge is -2.14. The van der Waals surface area contributed by atoms with Crippen molar-refractivity contribution >= 4 is 33.3 Å². The number of aromatic nitrogens is 5. The van der Waals surface area contributed by atoms with Gasteiger partial charge in [-0.1, -0.05) is 6.07 Å². The van der Waals surface area contributed by atoms with Crippen molar-refractivity contribution in [2.24, 2.45) is 0 Å². The van der Waals surface area contributed by atoms with Gasteiger partial charge in [0.25, 0.3) is 5.56 Å². The maximum Gasteiger partial charge on any atom is 0.338 e. The van der Waals surface area contributed by atoms with Crippen LogP contribution in [0.15, 0.2) is 58.3 Å². The van der Waals surface area contributed by atoms with E-state index in [1.165, 1.54) is 31.5 Å². The average molecular weight is 623 g/mol. The minimum absolute atomic E-state index is 0.0899. The Bertz CT molecular complexity index is 1930. The number of halogens is 2. The number of benzene rings is 1. The van der Waals surface area contributed by atoms with Gasteiger partial charge in [-0.25, -0.2) is 22.9 Å². The molecular formula is C29H28F2N8O4S. The number of anilines is 1. The third kappa shape index (κ3) is 5.91. The van der Waals surface area contributed by atoms with Crippen molar-refractivity contribution in [3.63, 3.8) is 0 Å². The monoisotopic (exact) mass is 622 g/mol. The van der Waals surface area contributed by atoms with Gasteiger partial charge in [0.2, 0.25) is 5.88 Å². The molecule has 5 rings (SSSR count). The topological polar surface area (TPSA) is 136 Å². The molecule has 0 radical (unpaired) electrons. The Morgan fingerprint density at radius 1 is 1.05 bits per heavy atom. The van der Waals surface area contributed by atoms with E-state index in [0.717, 1.165) is 32.6 Å². The Hall–Kier alpha value is -5.02. The third-order valence-electron chi connectivity index (χ3n) is 6.58. The standard InChI is InChI=1S/C29H28F2N8O4S/c1-5-32-28(41)34-16-9-10-21(33-13-16)25-18(14-37(2)3)24-26(40)39(22-11-12-23(43-4)36-35-22)29(42)38(27(24)44-25)15-17-19(30)7-6-8-20(17)31/h6-13H,5,14-15H2,1-4H3,(H2,32,34,41). The molecule has 2 N–H and O–H groups in total. The molecule has 228 valence electrons. The van der Waals surface area contributed by atoms with Crippen molar-refractivity contribution in [1.29, 1.82) is 0 Å². The van der Waals surface area contributed by atoms with E-state index in [9.17, 15) is 23.2 Å². The molecule has 5 aromatic rings. The Balaban J connectivity index is 1.79. The molecule has 0 unspecified atom stereocenters. The molecule has 0 fully saturated rings. The van der Waals surface area contributed by atoms with E-state index in [2.05, 4.69) is 25.8 Å². The van der Waals surface area contributed by atoms with Crippen LogP contribution in [0.2, 0.25) is 0 Å². The number of amides is 2. The van der Waals surface area contributed by atoms with Gasteiger partial charge in [0.1, 0.15) is 16.5 Å². The van der Waals surface area contributed by atoms with Crippen LogP contribution in [-0.4, -0.2) is 63.0 Å². The van der Waals surface area contributed by atoms with Gasteiger partial charge in [0.15, 0.2) is 5.82 Å². The lowest BCUT2D eigenvalue weighted by atomic mass is 10.1. The van der Waals surface area contributed by atoms with Crippen LogP contribution in [0.1, 0.15) is 18.1 Å². The molecule has 15 heteroatoms. The highest BCUT2D eigenvalue weighted by atomic mass is 32.1. The number of carbonyl (C=O) groups is 1. The summed E-state index contributed by atoms with van der Waals surface area (Å²) < 4.78 is 36.7. The summed E-state index contributed by atoms with van der Waals surface area (Å²) in [6.45, 7) is 2.02. The number of rotatable bonds is 9. The van der Waals surface area contributed by atoms with Gasteiger partial charge in [0, 0.05) is 30.3 Å². The summed E-state index contributed by atoms with van der Waals surface area (Å²) in [6, 6.07) is 9.23. The molecule has 4 aromatic heterocycles. The summed E-state index contributed by atoms with van der Waals surface area (Å²) in [5.74, 6) is -1.60. The van der Waals surface area contributed by atoms with Crippen molar-refractivity contribution in [2.45, 2.75) is 20.0 Å². The summed E-state index contributed by atoms with van der Waals surface area (Å²) in [6.07, 6.45) is 1.47. The molecule has 0 aliphatic heterocycles. The van der Waals surface area contributed by atoms with E-state index >= 15 is 0 Å². The molecule has 0 spiro atoms. The van der Waals surface area contributed by atoms with Crippen LogP contribution in [0.25, 0.3) is 26.6 Å². The average Bonchev–Trinajstić information content (AvgIpc) is 3.36. The van der Waals surface area contributed by atoms with E-state index < -0.39 is 29.4 Å². The molecular weight excluding hydrogens is 594 g/mol. The number of hydrogen-bond acceptors (Lipinski definition) is 9. The first-order valence-electron chi connectivity index (χ1n) is 13.4. The SMILES string of the molecule is CCNC(=O)Nc1ccc(-c2sc3c(c2CN(C)C)c(=O)n(-c2ccc(OC)nn2)c(=O)n3Cc2c(F)cccc2F)nc1. The number of nitrogens with zero attached hydrogens (tertiary/aromatic N) is 6. The maximum atomic E-state index is 14.8. The van der Waals surface area contributed by atoms with Crippen LogP contribution in [0.5, 0.6) is 5.88 Å². The van der Waals surface area contributed by atoms with Gasteiger partial charge < -0.3 is 20.3 Å². The number of nitrogens with one attached hydrogen (secondary N) is 2. The number of methoxy groups -OCH3 is 1. The molecule has 0 aliphatic carbocycles. The summed E-state index contributed by atoms with van der Waals surface area (Å²) in [7, 11) is 5.03. The smallest absolute Gasteiger partial charge is 0.338 e. The number of hydrogen-bond donors (Lipinski definition) is 2. The molecule has 4 heterocycles. The summed E-state index contributed by atoms with van der Waals surface area (Å²) in [5.41, 5.74) is -0.412. The van der Waals surface area contributed by atoms with Gasteiger partial charge >= 0.3 is 11.7 Å². The molecule has 0 saturated heterocycles. The Kier molecular flexibility index (Phi) is 8.78. The zero-order valence-electron chi connectivity index (χ0n) is 24.2. The van der Waals surface area contributed by atoms with Crippen molar-refractivity contribution < 1.29 is 18.3 Å². The molecule has 2 amide bonds. The van der Waals surface area contributed by atoms with E-state index in [1.807, 2.05) is 19.0 Å². The largest absolute Gasteiger partial charge is 0.480 e. The van der Waals surface area contributed by atoms with Gasteiger partial charge in [-0.2, -0.15) is 0 Å². The Morgan fingerprint density at radius 2 is 1.80 bits per heavy atom. The van der Waals surface area contributed by atoms with Gasteiger partial charge in [-0.15, -0.1) is 21.5 Å². The number of urea groups is 1. The third-order valence-corrected chi connectivity index (χ3v) is 7.86. The van der Waals surface area contributed by atoms with Gasteiger partial charge in [-0.05, 0) is 51.4 Å².